The van der Waals surface area contributed by atoms with Crippen LogP contribution < -0.4 is 5.32 Å². The van der Waals surface area contributed by atoms with Crippen LogP contribution >= 0.6 is 23.4 Å². The maximum absolute atomic E-state index is 12.6. The molecule has 0 aliphatic heterocycles. The molecule has 4 aromatic rings. The van der Waals surface area contributed by atoms with E-state index in [2.05, 4.69) is 20.5 Å². The Balaban J connectivity index is 1.53. The molecule has 0 unspecified atom stereocenters. The second-order valence-corrected chi connectivity index (χ2v) is 8.38. The number of hydrogen-bond acceptors (Lipinski definition) is 7. The molecule has 2 aromatic heterocycles. The van der Waals surface area contributed by atoms with E-state index in [0.717, 1.165) is 11.3 Å². The summed E-state index contributed by atoms with van der Waals surface area (Å²) in [4.78, 5) is 28.7. The molecule has 1 amide bonds. The van der Waals surface area contributed by atoms with Crippen molar-refractivity contribution in [2.75, 3.05) is 17.7 Å². The number of anilines is 1. The number of carbonyl (C=O) groups is 2. The van der Waals surface area contributed by atoms with E-state index >= 15 is 0 Å². The van der Waals surface area contributed by atoms with Gasteiger partial charge in [0.05, 0.1) is 23.6 Å². The lowest BCUT2D eigenvalue weighted by Crippen LogP contribution is -2.15. The van der Waals surface area contributed by atoms with Gasteiger partial charge in [0.2, 0.25) is 5.91 Å². The van der Waals surface area contributed by atoms with E-state index < -0.39 is 5.97 Å². The molecule has 0 saturated carbocycles. The highest BCUT2D eigenvalue weighted by Gasteiger charge is 2.18. The number of amides is 1. The molecule has 0 spiro atoms. The first kappa shape index (κ1) is 23.5. The van der Waals surface area contributed by atoms with Gasteiger partial charge in [-0.1, -0.05) is 35.5 Å². The standard InChI is InChI=1S/C24H20ClN5O3S/c1-2-33-23(32)16-6-3-9-19(12-16)27-21(31)15-34-24-29-28-22(17-7-5-11-26-14-17)30(24)20-10-4-8-18(25)13-20/h3-14H,2,15H2,1H3,(H,27,31). The molecule has 0 radical (unpaired) electrons. The number of rotatable bonds is 8. The van der Waals surface area contributed by atoms with Gasteiger partial charge >= 0.3 is 5.97 Å². The van der Waals surface area contributed by atoms with Crippen molar-refractivity contribution in [3.05, 3.63) is 83.6 Å². The molecule has 0 atom stereocenters. The van der Waals surface area contributed by atoms with Gasteiger partial charge in [-0.05, 0) is 55.5 Å². The van der Waals surface area contributed by atoms with Crippen LogP contribution in [0.25, 0.3) is 17.1 Å². The van der Waals surface area contributed by atoms with Gasteiger partial charge < -0.3 is 10.1 Å². The highest BCUT2D eigenvalue weighted by Crippen LogP contribution is 2.29. The van der Waals surface area contributed by atoms with Gasteiger partial charge in [0, 0.05) is 28.7 Å². The average molecular weight is 494 g/mol. The molecule has 8 nitrogen and oxygen atoms in total. The summed E-state index contributed by atoms with van der Waals surface area (Å²) in [6.07, 6.45) is 3.38. The fourth-order valence-electron chi connectivity index (χ4n) is 3.16. The number of carbonyl (C=O) groups excluding carboxylic acids is 2. The number of nitrogens with zero attached hydrogens (tertiary/aromatic N) is 4. The van der Waals surface area contributed by atoms with Crippen LogP contribution in [0.3, 0.4) is 0 Å². The molecule has 172 valence electrons. The number of ether oxygens (including phenoxy) is 1. The fourth-order valence-corrected chi connectivity index (χ4v) is 4.10. The second-order valence-electron chi connectivity index (χ2n) is 7.00. The summed E-state index contributed by atoms with van der Waals surface area (Å²) >= 11 is 7.45. The van der Waals surface area contributed by atoms with Crippen molar-refractivity contribution < 1.29 is 14.3 Å². The summed E-state index contributed by atoms with van der Waals surface area (Å²) in [6.45, 7) is 2.02. The van der Waals surface area contributed by atoms with Crippen LogP contribution in [0.1, 0.15) is 17.3 Å². The molecule has 10 heteroatoms. The summed E-state index contributed by atoms with van der Waals surface area (Å²) < 4.78 is 6.84. The number of pyridine rings is 1. The smallest absolute Gasteiger partial charge is 0.338 e. The molecule has 2 aromatic carbocycles. The van der Waals surface area contributed by atoms with Crippen LogP contribution in [-0.4, -0.2) is 44.0 Å². The van der Waals surface area contributed by atoms with Crippen LogP contribution in [0, 0.1) is 0 Å². The van der Waals surface area contributed by atoms with E-state index in [1.54, 1.807) is 55.7 Å². The van der Waals surface area contributed by atoms with Crippen LogP contribution in [0.5, 0.6) is 0 Å². The third-order valence-corrected chi connectivity index (χ3v) is 5.77. The Hall–Kier alpha value is -3.69. The SMILES string of the molecule is CCOC(=O)c1cccc(NC(=O)CSc2nnc(-c3cccnc3)n2-c2cccc(Cl)c2)c1. The minimum Gasteiger partial charge on any atom is -0.462 e. The number of benzene rings is 2. The lowest BCUT2D eigenvalue weighted by atomic mass is 10.2. The number of thioether (sulfide) groups is 1. The zero-order valence-corrected chi connectivity index (χ0v) is 19.7. The Morgan fingerprint density at radius 3 is 2.71 bits per heavy atom. The van der Waals surface area contributed by atoms with Crippen LogP contribution in [-0.2, 0) is 9.53 Å². The van der Waals surface area contributed by atoms with Crippen molar-refractivity contribution in [3.8, 4) is 17.1 Å². The normalized spacial score (nSPS) is 10.6. The van der Waals surface area contributed by atoms with Gasteiger partial charge in [0.25, 0.3) is 0 Å². The molecule has 0 aliphatic rings. The number of halogens is 1. The highest BCUT2D eigenvalue weighted by molar-refractivity contribution is 7.99. The zero-order chi connectivity index (χ0) is 23.9. The van der Waals surface area contributed by atoms with Crippen molar-refractivity contribution in [2.45, 2.75) is 12.1 Å². The van der Waals surface area contributed by atoms with Crippen LogP contribution in [0.2, 0.25) is 5.02 Å². The number of aromatic nitrogens is 4. The molecular formula is C24H20ClN5O3S. The summed E-state index contributed by atoms with van der Waals surface area (Å²) in [6, 6.07) is 17.6. The predicted molar refractivity (Wildman–Crippen MR) is 131 cm³/mol. The Morgan fingerprint density at radius 2 is 1.94 bits per heavy atom. The average Bonchev–Trinajstić information content (AvgIpc) is 3.28. The third-order valence-electron chi connectivity index (χ3n) is 4.61. The van der Waals surface area contributed by atoms with Crippen LogP contribution in [0.4, 0.5) is 5.69 Å². The lowest BCUT2D eigenvalue weighted by Gasteiger charge is -2.11. The van der Waals surface area contributed by atoms with Gasteiger partial charge in [-0.25, -0.2) is 4.79 Å². The molecule has 0 fully saturated rings. The van der Waals surface area contributed by atoms with Gasteiger partial charge in [-0.3, -0.25) is 14.3 Å². The monoisotopic (exact) mass is 493 g/mol. The summed E-state index contributed by atoms with van der Waals surface area (Å²) in [5.41, 5.74) is 2.42. The Kier molecular flexibility index (Phi) is 7.56. The highest BCUT2D eigenvalue weighted by atomic mass is 35.5. The van der Waals surface area contributed by atoms with Gasteiger partial charge in [-0.15, -0.1) is 10.2 Å². The van der Waals surface area contributed by atoms with E-state index in [-0.39, 0.29) is 18.3 Å². The predicted octanol–water partition coefficient (Wildman–Crippen LogP) is 4.89. The number of esters is 1. The maximum Gasteiger partial charge on any atom is 0.338 e. The third kappa shape index (κ3) is 5.62. The lowest BCUT2D eigenvalue weighted by molar-refractivity contribution is -0.113. The molecule has 0 saturated heterocycles. The largest absolute Gasteiger partial charge is 0.462 e. The summed E-state index contributed by atoms with van der Waals surface area (Å²) in [7, 11) is 0. The Bertz CT molecular complexity index is 1310. The molecule has 1 N–H and O–H groups in total. The first-order chi connectivity index (χ1) is 16.5. The number of hydrogen-bond donors (Lipinski definition) is 1. The Morgan fingerprint density at radius 1 is 1.09 bits per heavy atom. The van der Waals surface area contributed by atoms with Gasteiger partial charge in [-0.2, -0.15) is 0 Å². The quantitative estimate of drug-likeness (QED) is 0.275. The molecular weight excluding hydrogens is 474 g/mol. The fraction of sp³-hybridized carbons (Fsp3) is 0.125. The van der Waals surface area contributed by atoms with E-state index in [1.807, 2.05) is 28.8 Å². The van der Waals surface area contributed by atoms with Gasteiger partial charge in [0.15, 0.2) is 11.0 Å². The van der Waals surface area contributed by atoms with Crippen molar-refractivity contribution in [1.82, 2.24) is 19.7 Å². The van der Waals surface area contributed by atoms with Gasteiger partial charge in [0.1, 0.15) is 0 Å². The molecule has 34 heavy (non-hydrogen) atoms. The molecule has 4 rings (SSSR count). The first-order valence-electron chi connectivity index (χ1n) is 10.4. The van der Waals surface area contributed by atoms with E-state index in [0.29, 0.717) is 27.3 Å². The van der Waals surface area contributed by atoms with E-state index in [9.17, 15) is 9.59 Å². The Labute approximate surface area is 205 Å². The van der Waals surface area contributed by atoms with E-state index in [4.69, 9.17) is 16.3 Å². The van der Waals surface area contributed by atoms with E-state index in [1.165, 1.54) is 11.8 Å². The van der Waals surface area contributed by atoms with Crippen molar-refractivity contribution in [2.24, 2.45) is 0 Å². The summed E-state index contributed by atoms with van der Waals surface area (Å²) in [5, 5.41) is 12.5. The topological polar surface area (TPSA) is 99.0 Å². The maximum atomic E-state index is 12.6. The zero-order valence-electron chi connectivity index (χ0n) is 18.1. The minimum absolute atomic E-state index is 0.0787. The minimum atomic E-state index is -0.439. The molecule has 0 bridgehead atoms. The summed E-state index contributed by atoms with van der Waals surface area (Å²) in [5.74, 6) is -0.0319. The van der Waals surface area contributed by atoms with Crippen LogP contribution in [0.15, 0.2) is 78.2 Å². The second kappa shape index (κ2) is 11.0. The molecule has 0 aliphatic carbocycles. The van der Waals surface area contributed by atoms with Crippen molar-refractivity contribution in [1.29, 1.82) is 0 Å². The van der Waals surface area contributed by atoms with Crippen molar-refractivity contribution in [3.63, 3.8) is 0 Å². The first-order valence-corrected chi connectivity index (χ1v) is 11.7. The van der Waals surface area contributed by atoms with Crippen molar-refractivity contribution >= 4 is 40.9 Å². The number of nitrogens with one attached hydrogen (secondary N) is 1. The molecule has 2 heterocycles.